The molecule has 0 aliphatic heterocycles. The van der Waals surface area contributed by atoms with Crippen molar-refractivity contribution >= 4 is 17.9 Å². The Hall–Kier alpha value is -2.37. The zero-order valence-corrected chi connectivity index (χ0v) is 42.8. The van der Waals surface area contributed by atoms with E-state index in [0.717, 1.165) is 70.6 Å². The minimum atomic E-state index is -0.763. The monoisotopic (exact) mass is 899 g/mol. The second-order valence-corrected chi connectivity index (χ2v) is 18.9. The highest BCUT2D eigenvalue weighted by Gasteiger charge is 2.19. The molecule has 0 saturated heterocycles. The molecule has 0 amide bonds. The van der Waals surface area contributed by atoms with Gasteiger partial charge in [-0.2, -0.15) is 0 Å². The summed E-state index contributed by atoms with van der Waals surface area (Å²) in [5.74, 6) is -0.868. The van der Waals surface area contributed by atoms with Crippen LogP contribution in [-0.4, -0.2) is 37.2 Å². The fourth-order valence-electron chi connectivity index (χ4n) is 8.16. The van der Waals surface area contributed by atoms with E-state index in [9.17, 15) is 14.4 Å². The maximum atomic E-state index is 12.7. The molecule has 0 N–H and O–H groups in total. The van der Waals surface area contributed by atoms with Gasteiger partial charge >= 0.3 is 17.9 Å². The van der Waals surface area contributed by atoms with Crippen molar-refractivity contribution in [2.75, 3.05) is 13.2 Å². The first-order chi connectivity index (χ1) is 31.5. The van der Waals surface area contributed by atoms with Crippen LogP contribution in [0.2, 0.25) is 0 Å². The summed E-state index contributed by atoms with van der Waals surface area (Å²) >= 11 is 0. The van der Waals surface area contributed by atoms with Crippen molar-refractivity contribution in [3.8, 4) is 0 Å². The van der Waals surface area contributed by atoms with Crippen molar-refractivity contribution in [2.24, 2.45) is 0 Å². The van der Waals surface area contributed by atoms with Crippen LogP contribution in [0.25, 0.3) is 0 Å². The molecule has 0 fully saturated rings. The summed E-state index contributed by atoms with van der Waals surface area (Å²) in [4.78, 5) is 37.7. The van der Waals surface area contributed by atoms with E-state index in [1.54, 1.807) is 0 Å². The molecule has 0 heterocycles. The number of hydrogen-bond donors (Lipinski definition) is 0. The summed E-state index contributed by atoms with van der Waals surface area (Å²) in [6, 6.07) is 0. The van der Waals surface area contributed by atoms with Crippen LogP contribution < -0.4 is 0 Å². The number of allylic oxidation sites excluding steroid dienone is 6. The minimum Gasteiger partial charge on any atom is -0.462 e. The number of hydrogen-bond acceptors (Lipinski definition) is 6. The van der Waals surface area contributed by atoms with Gasteiger partial charge in [-0.15, -0.1) is 0 Å². The molecule has 0 saturated carbocycles. The van der Waals surface area contributed by atoms with Crippen molar-refractivity contribution in [1.29, 1.82) is 0 Å². The van der Waals surface area contributed by atoms with Crippen molar-refractivity contribution < 1.29 is 28.6 Å². The SMILES string of the molecule is CCCCCCC/C=C\C/C=C\C/C=C\CCCCCCCCCCCCCCCCC(=O)OCC(COC(=O)CCCCCCCC)OC(=O)CCCCCCCCCCCCC. The minimum absolute atomic E-state index is 0.0684. The molecule has 64 heavy (non-hydrogen) atoms. The van der Waals surface area contributed by atoms with E-state index >= 15 is 0 Å². The van der Waals surface area contributed by atoms with Crippen molar-refractivity contribution in [3.63, 3.8) is 0 Å². The van der Waals surface area contributed by atoms with Crippen LogP contribution in [0, 0.1) is 0 Å². The fourth-order valence-corrected chi connectivity index (χ4v) is 8.16. The van der Waals surface area contributed by atoms with Crippen LogP contribution in [0.5, 0.6) is 0 Å². The first-order valence-electron chi connectivity index (χ1n) is 28.0. The van der Waals surface area contributed by atoms with Gasteiger partial charge in [0.2, 0.25) is 0 Å². The normalized spacial score (nSPS) is 12.2. The van der Waals surface area contributed by atoms with Gasteiger partial charge in [0, 0.05) is 19.3 Å². The number of unbranched alkanes of at least 4 members (excludes halogenated alkanes) is 34. The number of ether oxygens (including phenoxy) is 3. The lowest BCUT2D eigenvalue weighted by Gasteiger charge is -2.18. The molecule has 1 unspecified atom stereocenters. The third-order valence-corrected chi connectivity index (χ3v) is 12.4. The standard InChI is InChI=1S/C58H106O6/c1-4-7-10-13-16-18-20-21-22-23-24-25-26-27-28-29-30-31-32-33-34-35-36-37-39-40-42-45-48-51-57(60)63-54-55(53-62-56(59)50-47-44-15-12-9-6-3)64-58(61)52-49-46-43-41-38-19-17-14-11-8-5-2/h20-21,23-24,26-27,55H,4-19,22,25,28-54H2,1-3H3/b21-20-,24-23-,27-26-. The molecular weight excluding hydrogens is 793 g/mol. The number of carbonyl (C=O) groups excluding carboxylic acids is 3. The van der Waals surface area contributed by atoms with Gasteiger partial charge < -0.3 is 14.2 Å². The molecule has 1 atom stereocenters. The van der Waals surface area contributed by atoms with E-state index in [4.69, 9.17) is 14.2 Å². The summed E-state index contributed by atoms with van der Waals surface area (Å²) in [5, 5.41) is 0. The highest BCUT2D eigenvalue weighted by Crippen LogP contribution is 2.16. The zero-order chi connectivity index (χ0) is 46.5. The molecule has 0 aliphatic rings. The summed E-state index contributed by atoms with van der Waals surface area (Å²) < 4.78 is 16.7. The largest absolute Gasteiger partial charge is 0.462 e. The molecule has 374 valence electrons. The summed E-state index contributed by atoms with van der Waals surface area (Å²) in [6.45, 7) is 6.58. The summed E-state index contributed by atoms with van der Waals surface area (Å²) in [5.41, 5.74) is 0. The van der Waals surface area contributed by atoms with Crippen molar-refractivity contribution in [1.82, 2.24) is 0 Å². The Labute approximate surface area is 397 Å². The lowest BCUT2D eigenvalue weighted by molar-refractivity contribution is -0.167. The van der Waals surface area contributed by atoms with E-state index in [1.165, 1.54) is 186 Å². The predicted molar refractivity (Wildman–Crippen MR) is 275 cm³/mol. The van der Waals surface area contributed by atoms with Crippen LogP contribution in [0.1, 0.15) is 297 Å². The second-order valence-electron chi connectivity index (χ2n) is 18.9. The maximum absolute atomic E-state index is 12.7. The number of rotatable bonds is 51. The van der Waals surface area contributed by atoms with E-state index in [1.807, 2.05) is 0 Å². The molecule has 0 aromatic carbocycles. The second kappa shape index (κ2) is 53.2. The number of carbonyl (C=O) groups is 3. The summed E-state index contributed by atoms with van der Waals surface area (Å²) in [6.07, 6.45) is 63.2. The molecule has 6 heteroatoms. The zero-order valence-electron chi connectivity index (χ0n) is 42.8. The van der Waals surface area contributed by atoms with Gasteiger partial charge in [0.1, 0.15) is 13.2 Å². The van der Waals surface area contributed by atoms with E-state index in [0.29, 0.717) is 19.3 Å². The van der Waals surface area contributed by atoms with Gasteiger partial charge in [0.05, 0.1) is 0 Å². The Morgan fingerprint density at radius 3 is 0.875 bits per heavy atom. The van der Waals surface area contributed by atoms with Crippen molar-refractivity contribution in [3.05, 3.63) is 36.5 Å². The third-order valence-electron chi connectivity index (χ3n) is 12.4. The molecule has 0 radical (unpaired) electrons. The van der Waals surface area contributed by atoms with Gasteiger partial charge in [-0.25, -0.2) is 0 Å². The fraction of sp³-hybridized carbons (Fsp3) is 0.845. The van der Waals surface area contributed by atoms with Gasteiger partial charge in [-0.05, 0) is 57.8 Å². The average Bonchev–Trinajstić information content (AvgIpc) is 3.29. The lowest BCUT2D eigenvalue weighted by atomic mass is 10.0. The molecule has 0 aliphatic carbocycles. The lowest BCUT2D eigenvalue weighted by Crippen LogP contribution is -2.30. The van der Waals surface area contributed by atoms with E-state index in [2.05, 4.69) is 57.2 Å². The highest BCUT2D eigenvalue weighted by molar-refractivity contribution is 5.71. The third kappa shape index (κ3) is 50.6. The Kier molecular flexibility index (Phi) is 51.3. The maximum Gasteiger partial charge on any atom is 0.306 e. The number of esters is 3. The van der Waals surface area contributed by atoms with Crippen LogP contribution in [0.4, 0.5) is 0 Å². The molecule has 6 nitrogen and oxygen atoms in total. The van der Waals surface area contributed by atoms with Gasteiger partial charge in [-0.3, -0.25) is 14.4 Å². The Balaban J connectivity index is 3.98. The van der Waals surface area contributed by atoms with Crippen LogP contribution >= 0.6 is 0 Å². The van der Waals surface area contributed by atoms with Gasteiger partial charge in [0.25, 0.3) is 0 Å². The predicted octanol–water partition coefficient (Wildman–Crippen LogP) is 18.5. The molecule has 0 bridgehead atoms. The first kappa shape index (κ1) is 61.6. The van der Waals surface area contributed by atoms with Crippen LogP contribution in [-0.2, 0) is 28.6 Å². The highest BCUT2D eigenvalue weighted by atomic mass is 16.6. The quantitative estimate of drug-likeness (QED) is 0.0262. The molecule has 0 spiro atoms. The molecular formula is C58H106O6. The Morgan fingerprint density at radius 2 is 0.562 bits per heavy atom. The smallest absolute Gasteiger partial charge is 0.306 e. The van der Waals surface area contributed by atoms with E-state index in [-0.39, 0.29) is 31.1 Å². The topological polar surface area (TPSA) is 78.9 Å². The van der Waals surface area contributed by atoms with Crippen LogP contribution in [0.3, 0.4) is 0 Å². The molecule has 0 aromatic rings. The summed E-state index contributed by atoms with van der Waals surface area (Å²) in [7, 11) is 0. The van der Waals surface area contributed by atoms with Crippen LogP contribution in [0.15, 0.2) is 36.5 Å². The first-order valence-corrected chi connectivity index (χ1v) is 28.0. The van der Waals surface area contributed by atoms with Gasteiger partial charge in [0.15, 0.2) is 6.10 Å². The molecule has 0 aromatic heterocycles. The Bertz CT molecular complexity index is 1080. The Morgan fingerprint density at radius 1 is 0.312 bits per heavy atom. The molecule has 0 rings (SSSR count). The van der Waals surface area contributed by atoms with Gasteiger partial charge in [-0.1, -0.05) is 256 Å². The van der Waals surface area contributed by atoms with E-state index < -0.39 is 6.10 Å². The van der Waals surface area contributed by atoms with Crippen molar-refractivity contribution in [2.45, 2.75) is 303 Å². The average molecular weight is 899 g/mol.